The molecule has 0 radical (unpaired) electrons. The number of hydrogen-bond acceptors (Lipinski definition) is 5. The third-order valence-electron chi connectivity index (χ3n) is 3.90. The smallest absolute Gasteiger partial charge is 0.262 e. The van der Waals surface area contributed by atoms with E-state index < -0.39 is 6.04 Å². The summed E-state index contributed by atoms with van der Waals surface area (Å²) >= 11 is 7.18. The normalized spacial score (nSPS) is 11.8. The number of aryl methyl sites for hydroxylation is 1. The lowest BCUT2D eigenvalue weighted by Gasteiger charge is -2.20. The van der Waals surface area contributed by atoms with Gasteiger partial charge in [0, 0.05) is 25.5 Å². The van der Waals surface area contributed by atoms with E-state index >= 15 is 0 Å². The second-order valence-electron chi connectivity index (χ2n) is 5.55. The SMILES string of the molecule is COc1cc(OC)cc(C(NC(=O)c2ccc(Cl)s2)c2nccn2C)c1. The van der Waals surface area contributed by atoms with Gasteiger partial charge in [-0.2, -0.15) is 0 Å². The standard InChI is InChI=1S/C18H18ClN3O3S/c1-22-7-6-20-17(22)16(21-18(23)14-4-5-15(19)26-14)11-8-12(24-2)10-13(9-11)25-3/h4-10,16H,1-3H3,(H,21,23). The highest BCUT2D eigenvalue weighted by atomic mass is 35.5. The van der Waals surface area contributed by atoms with E-state index in [4.69, 9.17) is 21.1 Å². The van der Waals surface area contributed by atoms with E-state index in [0.29, 0.717) is 26.5 Å². The number of amides is 1. The van der Waals surface area contributed by atoms with Gasteiger partial charge in [0.15, 0.2) is 0 Å². The molecule has 6 nitrogen and oxygen atoms in total. The lowest BCUT2D eigenvalue weighted by Crippen LogP contribution is -2.30. The van der Waals surface area contributed by atoms with Gasteiger partial charge in [-0.1, -0.05) is 11.6 Å². The van der Waals surface area contributed by atoms with Crippen LogP contribution in [0.4, 0.5) is 0 Å². The van der Waals surface area contributed by atoms with Crippen LogP contribution in [0.15, 0.2) is 42.7 Å². The minimum absolute atomic E-state index is 0.225. The fourth-order valence-electron chi connectivity index (χ4n) is 2.59. The summed E-state index contributed by atoms with van der Waals surface area (Å²) in [7, 11) is 5.04. The number of hydrogen-bond donors (Lipinski definition) is 1. The van der Waals surface area contributed by atoms with Crippen LogP contribution in [0.5, 0.6) is 11.5 Å². The Hall–Kier alpha value is -2.51. The highest BCUT2D eigenvalue weighted by molar-refractivity contribution is 7.18. The average Bonchev–Trinajstić information content (AvgIpc) is 3.27. The Kier molecular flexibility index (Phi) is 5.49. The molecule has 0 aliphatic heterocycles. The minimum atomic E-state index is -0.479. The molecule has 0 aliphatic carbocycles. The first-order valence-corrected chi connectivity index (χ1v) is 8.97. The van der Waals surface area contributed by atoms with E-state index in [2.05, 4.69) is 10.3 Å². The van der Waals surface area contributed by atoms with Crippen LogP contribution in [0.3, 0.4) is 0 Å². The topological polar surface area (TPSA) is 65.4 Å². The molecule has 1 amide bonds. The largest absolute Gasteiger partial charge is 0.497 e. The van der Waals surface area contributed by atoms with Crippen LogP contribution < -0.4 is 14.8 Å². The monoisotopic (exact) mass is 391 g/mol. The van der Waals surface area contributed by atoms with E-state index in [0.717, 1.165) is 5.56 Å². The molecule has 8 heteroatoms. The molecule has 0 fully saturated rings. The van der Waals surface area contributed by atoms with Crippen molar-refractivity contribution in [2.45, 2.75) is 6.04 Å². The van der Waals surface area contributed by atoms with Gasteiger partial charge in [-0.3, -0.25) is 4.79 Å². The molecule has 136 valence electrons. The molecule has 0 saturated heterocycles. The molecule has 3 rings (SSSR count). The van der Waals surface area contributed by atoms with Gasteiger partial charge in [0.25, 0.3) is 5.91 Å². The van der Waals surface area contributed by atoms with Gasteiger partial charge in [0.1, 0.15) is 23.4 Å². The first kappa shape index (κ1) is 18.3. The second kappa shape index (κ2) is 7.80. The van der Waals surface area contributed by atoms with Crippen molar-refractivity contribution in [1.29, 1.82) is 0 Å². The Morgan fingerprint density at radius 1 is 1.23 bits per heavy atom. The third-order valence-corrected chi connectivity index (χ3v) is 5.13. The zero-order valence-electron chi connectivity index (χ0n) is 14.5. The predicted octanol–water partition coefficient (Wildman–Crippen LogP) is 3.67. The summed E-state index contributed by atoms with van der Waals surface area (Å²) in [5.41, 5.74) is 0.798. The molecule has 3 aromatic rings. The van der Waals surface area contributed by atoms with Gasteiger partial charge >= 0.3 is 0 Å². The van der Waals surface area contributed by atoms with E-state index in [-0.39, 0.29) is 5.91 Å². The Labute approximate surface area is 160 Å². The maximum Gasteiger partial charge on any atom is 0.262 e. The number of nitrogens with zero attached hydrogens (tertiary/aromatic N) is 2. The first-order valence-electron chi connectivity index (χ1n) is 7.78. The van der Waals surface area contributed by atoms with Crippen molar-refractivity contribution in [1.82, 2.24) is 14.9 Å². The molecule has 0 bridgehead atoms. The molecule has 0 spiro atoms. The molecule has 0 saturated carbocycles. The van der Waals surface area contributed by atoms with Crippen molar-refractivity contribution < 1.29 is 14.3 Å². The number of rotatable bonds is 6. The van der Waals surface area contributed by atoms with Gasteiger partial charge in [0.05, 0.1) is 23.4 Å². The molecule has 0 aliphatic rings. The Morgan fingerprint density at radius 3 is 2.42 bits per heavy atom. The van der Waals surface area contributed by atoms with E-state index in [1.54, 1.807) is 38.6 Å². The number of thiophene rings is 1. The zero-order valence-corrected chi connectivity index (χ0v) is 16.1. The summed E-state index contributed by atoms with van der Waals surface area (Å²) in [6.45, 7) is 0. The van der Waals surface area contributed by atoms with Crippen molar-refractivity contribution in [3.05, 3.63) is 63.3 Å². The summed E-state index contributed by atoms with van der Waals surface area (Å²) in [6.07, 6.45) is 3.52. The van der Waals surface area contributed by atoms with Gasteiger partial charge in [0.2, 0.25) is 0 Å². The van der Waals surface area contributed by atoms with Gasteiger partial charge in [-0.05, 0) is 29.8 Å². The minimum Gasteiger partial charge on any atom is -0.497 e. The summed E-state index contributed by atoms with van der Waals surface area (Å²) in [5, 5.41) is 3.03. The van der Waals surface area contributed by atoms with Crippen LogP contribution in [0.2, 0.25) is 4.34 Å². The Balaban J connectivity index is 2.02. The van der Waals surface area contributed by atoms with Crippen molar-refractivity contribution in [3.8, 4) is 11.5 Å². The van der Waals surface area contributed by atoms with Crippen LogP contribution >= 0.6 is 22.9 Å². The van der Waals surface area contributed by atoms with Crippen LogP contribution in [-0.4, -0.2) is 29.7 Å². The van der Waals surface area contributed by atoms with Crippen molar-refractivity contribution in [3.63, 3.8) is 0 Å². The van der Waals surface area contributed by atoms with Crippen LogP contribution in [0, 0.1) is 0 Å². The highest BCUT2D eigenvalue weighted by Gasteiger charge is 2.23. The molecular formula is C18H18ClN3O3S. The molecule has 26 heavy (non-hydrogen) atoms. The fourth-order valence-corrected chi connectivity index (χ4v) is 3.53. The van der Waals surface area contributed by atoms with Crippen molar-refractivity contribution in [2.75, 3.05) is 14.2 Å². The molecule has 1 N–H and O–H groups in total. The number of carbonyl (C=O) groups excluding carboxylic acids is 1. The number of nitrogens with one attached hydrogen (secondary N) is 1. The van der Waals surface area contributed by atoms with E-state index in [1.165, 1.54) is 11.3 Å². The number of benzene rings is 1. The van der Waals surface area contributed by atoms with Crippen LogP contribution in [0.25, 0.3) is 0 Å². The second-order valence-corrected chi connectivity index (χ2v) is 7.27. The molecule has 2 heterocycles. The van der Waals surface area contributed by atoms with Crippen LogP contribution in [0.1, 0.15) is 27.1 Å². The third kappa shape index (κ3) is 3.84. The van der Waals surface area contributed by atoms with E-state index in [9.17, 15) is 4.79 Å². The molecule has 1 aromatic carbocycles. The molecule has 2 aromatic heterocycles. The van der Waals surface area contributed by atoms with E-state index in [1.807, 2.05) is 29.9 Å². The number of carbonyl (C=O) groups is 1. The number of methoxy groups -OCH3 is 2. The number of ether oxygens (including phenoxy) is 2. The summed E-state index contributed by atoms with van der Waals surface area (Å²) in [4.78, 5) is 17.6. The predicted molar refractivity (Wildman–Crippen MR) is 101 cm³/mol. The number of aromatic nitrogens is 2. The summed E-state index contributed by atoms with van der Waals surface area (Å²) in [5.74, 6) is 1.73. The zero-order chi connectivity index (χ0) is 18.7. The number of imidazole rings is 1. The van der Waals surface area contributed by atoms with Gasteiger partial charge in [-0.25, -0.2) is 4.98 Å². The molecular weight excluding hydrogens is 374 g/mol. The fraction of sp³-hybridized carbons (Fsp3) is 0.222. The first-order chi connectivity index (χ1) is 12.5. The lowest BCUT2D eigenvalue weighted by atomic mass is 10.0. The lowest BCUT2D eigenvalue weighted by molar-refractivity contribution is 0.0945. The maximum atomic E-state index is 12.7. The van der Waals surface area contributed by atoms with Gasteiger partial charge in [-0.15, -0.1) is 11.3 Å². The quantitative estimate of drug-likeness (QED) is 0.696. The highest BCUT2D eigenvalue weighted by Crippen LogP contribution is 2.30. The average molecular weight is 392 g/mol. The summed E-state index contributed by atoms with van der Waals surface area (Å²) < 4.78 is 13.1. The van der Waals surface area contributed by atoms with Gasteiger partial charge < -0.3 is 19.4 Å². The Morgan fingerprint density at radius 2 is 1.92 bits per heavy atom. The summed E-state index contributed by atoms with van der Waals surface area (Å²) in [6, 6.07) is 8.40. The maximum absolute atomic E-state index is 12.7. The molecule has 1 unspecified atom stereocenters. The van der Waals surface area contributed by atoms with Crippen molar-refractivity contribution in [2.24, 2.45) is 7.05 Å². The number of halogens is 1. The van der Waals surface area contributed by atoms with Crippen molar-refractivity contribution >= 4 is 28.8 Å². The molecule has 1 atom stereocenters. The Bertz CT molecular complexity index is 900. The van der Waals surface area contributed by atoms with Crippen LogP contribution in [-0.2, 0) is 7.05 Å².